The van der Waals surface area contributed by atoms with Gasteiger partial charge in [-0.2, -0.15) is 0 Å². The molecule has 148 valence electrons. The fraction of sp³-hybridized carbons (Fsp3) is 0.471. The van der Waals surface area contributed by atoms with E-state index in [1.54, 1.807) is 12.1 Å². The number of carbonyl (C=O) groups excluding carboxylic acids is 3. The predicted molar refractivity (Wildman–Crippen MR) is 96.5 cm³/mol. The fourth-order valence-electron chi connectivity index (χ4n) is 2.78. The van der Waals surface area contributed by atoms with E-state index in [2.05, 4.69) is 4.72 Å². The van der Waals surface area contributed by atoms with Crippen LogP contribution < -0.4 is 4.72 Å². The number of nitrogens with one attached hydrogen (secondary N) is 1. The molecule has 0 aliphatic carbocycles. The van der Waals surface area contributed by atoms with Gasteiger partial charge in [-0.05, 0) is 25.0 Å². The van der Waals surface area contributed by atoms with Crippen molar-refractivity contribution in [3.8, 4) is 0 Å². The number of ether oxygens (including phenoxy) is 2. The molecule has 0 bridgehead atoms. The third-order valence-electron chi connectivity index (χ3n) is 4.15. The quantitative estimate of drug-likeness (QED) is 0.698. The summed E-state index contributed by atoms with van der Waals surface area (Å²) in [5, 5.41) is 0. The molecule has 10 heteroatoms. The lowest BCUT2D eigenvalue weighted by Crippen LogP contribution is -2.42. The number of anilines is 1. The van der Waals surface area contributed by atoms with Gasteiger partial charge in [0.1, 0.15) is 0 Å². The van der Waals surface area contributed by atoms with Crippen LogP contribution in [0.2, 0.25) is 0 Å². The van der Waals surface area contributed by atoms with Gasteiger partial charge in [0.15, 0.2) is 6.61 Å². The molecule has 1 aliphatic rings. The SMILES string of the molecule is COC(=O)C1CCN(C(=O)COC(=O)c2ccccc2NS(C)(=O)=O)CC1. The van der Waals surface area contributed by atoms with E-state index < -0.39 is 22.6 Å². The number of para-hydroxylation sites is 1. The van der Waals surface area contributed by atoms with Gasteiger partial charge in [0.25, 0.3) is 5.91 Å². The molecular formula is C17H22N2O7S. The summed E-state index contributed by atoms with van der Waals surface area (Å²) in [5.41, 5.74) is 0.0939. The van der Waals surface area contributed by atoms with Crippen LogP contribution in [0.1, 0.15) is 23.2 Å². The Morgan fingerprint density at radius 2 is 1.81 bits per heavy atom. The molecule has 9 nitrogen and oxygen atoms in total. The summed E-state index contributed by atoms with van der Waals surface area (Å²) in [5.74, 6) is -1.70. The van der Waals surface area contributed by atoms with E-state index >= 15 is 0 Å². The van der Waals surface area contributed by atoms with Crippen LogP contribution in [0, 0.1) is 5.92 Å². The van der Waals surface area contributed by atoms with Crippen LogP contribution in [0.15, 0.2) is 24.3 Å². The van der Waals surface area contributed by atoms with Crippen molar-refractivity contribution in [3.05, 3.63) is 29.8 Å². The number of likely N-dealkylation sites (tertiary alicyclic amines) is 1. The average Bonchev–Trinajstić information content (AvgIpc) is 2.64. The largest absolute Gasteiger partial charge is 0.469 e. The normalized spacial score (nSPS) is 15.1. The van der Waals surface area contributed by atoms with Crippen molar-refractivity contribution in [2.75, 3.05) is 37.8 Å². The van der Waals surface area contributed by atoms with E-state index in [9.17, 15) is 22.8 Å². The molecule has 0 spiro atoms. The van der Waals surface area contributed by atoms with Crippen LogP contribution in [-0.4, -0.2) is 64.2 Å². The molecule has 0 atom stereocenters. The molecular weight excluding hydrogens is 376 g/mol. The molecule has 1 amide bonds. The van der Waals surface area contributed by atoms with Crippen LogP contribution >= 0.6 is 0 Å². The molecule has 1 aromatic carbocycles. The zero-order chi connectivity index (χ0) is 20.0. The minimum atomic E-state index is -3.57. The summed E-state index contributed by atoms with van der Waals surface area (Å²) < 4.78 is 34.7. The first-order chi connectivity index (χ1) is 12.7. The average molecular weight is 398 g/mol. The van der Waals surface area contributed by atoms with E-state index in [1.165, 1.54) is 24.1 Å². The molecule has 1 fully saturated rings. The lowest BCUT2D eigenvalue weighted by Gasteiger charge is -2.30. The van der Waals surface area contributed by atoms with Crippen LogP contribution in [-0.2, 0) is 29.1 Å². The van der Waals surface area contributed by atoms with Gasteiger partial charge in [0.2, 0.25) is 10.0 Å². The maximum atomic E-state index is 12.2. The topological polar surface area (TPSA) is 119 Å². The first kappa shape index (κ1) is 20.7. The zero-order valence-corrected chi connectivity index (χ0v) is 16.0. The first-order valence-electron chi connectivity index (χ1n) is 8.31. The van der Waals surface area contributed by atoms with Gasteiger partial charge < -0.3 is 14.4 Å². The standard InChI is InChI=1S/C17H22N2O7S/c1-25-16(21)12-7-9-19(10-8-12)15(20)11-26-17(22)13-5-3-4-6-14(13)18-27(2,23)24/h3-6,12,18H,7-11H2,1-2H3. The van der Waals surface area contributed by atoms with E-state index in [0.717, 1.165) is 6.26 Å². The van der Waals surface area contributed by atoms with Crippen LogP contribution in [0.25, 0.3) is 0 Å². The van der Waals surface area contributed by atoms with Gasteiger partial charge in [0.05, 0.1) is 30.5 Å². The lowest BCUT2D eigenvalue weighted by atomic mass is 9.97. The van der Waals surface area contributed by atoms with E-state index in [-0.39, 0.29) is 29.0 Å². The molecule has 0 aromatic heterocycles. The first-order valence-corrected chi connectivity index (χ1v) is 10.2. The van der Waals surface area contributed by atoms with Crippen molar-refractivity contribution in [2.45, 2.75) is 12.8 Å². The monoisotopic (exact) mass is 398 g/mol. The number of amides is 1. The summed E-state index contributed by atoms with van der Waals surface area (Å²) in [6.45, 7) is 0.291. The smallest absolute Gasteiger partial charge is 0.340 e. The van der Waals surface area contributed by atoms with E-state index in [1.807, 2.05) is 0 Å². The highest BCUT2D eigenvalue weighted by atomic mass is 32.2. The molecule has 0 radical (unpaired) electrons. The van der Waals surface area contributed by atoms with Gasteiger partial charge in [-0.15, -0.1) is 0 Å². The number of carbonyl (C=O) groups is 3. The molecule has 1 N–H and O–H groups in total. The predicted octanol–water partition coefficient (Wildman–Crippen LogP) is 0.626. The maximum absolute atomic E-state index is 12.2. The Bertz CT molecular complexity index is 814. The number of piperidine rings is 1. The number of hydrogen-bond acceptors (Lipinski definition) is 7. The Hall–Kier alpha value is -2.62. The van der Waals surface area contributed by atoms with Crippen molar-refractivity contribution < 1.29 is 32.3 Å². The number of esters is 2. The third kappa shape index (κ3) is 5.95. The van der Waals surface area contributed by atoms with Crippen LogP contribution in [0.3, 0.4) is 0 Å². The van der Waals surface area contributed by atoms with E-state index in [0.29, 0.717) is 25.9 Å². The number of rotatable bonds is 6. The highest BCUT2D eigenvalue weighted by molar-refractivity contribution is 7.92. The second kappa shape index (κ2) is 8.85. The van der Waals surface area contributed by atoms with Gasteiger partial charge in [-0.3, -0.25) is 14.3 Å². The van der Waals surface area contributed by atoms with Crippen molar-refractivity contribution in [1.82, 2.24) is 4.90 Å². The zero-order valence-electron chi connectivity index (χ0n) is 15.1. The minimum absolute atomic E-state index is 0.0140. The summed E-state index contributed by atoms with van der Waals surface area (Å²) in [4.78, 5) is 37.5. The third-order valence-corrected chi connectivity index (χ3v) is 4.74. The van der Waals surface area contributed by atoms with Crippen LogP contribution in [0.5, 0.6) is 0 Å². The van der Waals surface area contributed by atoms with Crippen LogP contribution in [0.4, 0.5) is 5.69 Å². The Morgan fingerprint density at radius 1 is 1.19 bits per heavy atom. The van der Waals surface area contributed by atoms with Gasteiger partial charge in [-0.1, -0.05) is 12.1 Å². The molecule has 1 aromatic rings. The second-order valence-electron chi connectivity index (χ2n) is 6.17. The highest BCUT2D eigenvalue weighted by Gasteiger charge is 2.28. The summed E-state index contributed by atoms with van der Waals surface area (Å²) in [7, 11) is -2.24. The maximum Gasteiger partial charge on any atom is 0.340 e. The Morgan fingerprint density at radius 3 is 2.41 bits per heavy atom. The minimum Gasteiger partial charge on any atom is -0.469 e. The van der Waals surface area contributed by atoms with Gasteiger partial charge in [-0.25, -0.2) is 13.2 Å². The van der Waals surface area contributed by atoms with E-state index in [4.69, 9.17) is 9.47 Å². The number of benzene rings is 1. The number of hydrogen-bond donors (Lipinski definition) is 1. The number of nitrogens with zero attached hydrogens (tertiary/aromatic N) is 1. The molecule has 1 heterocycles. The van der Waals surface area contributed by atoms with Gasteiger partial charge in [0, 0.05) is 13.1 Å². The Labute approximate surface area is 157 Å². The molecule has 27 heavy (non-hydrogen) atoms. The molecule has 2 rings (SSSR count). The van der Waals surface area contributed by atoms with Gasteiger partial charge >= 0.3 is 11.9 Å². The summed E-state index contributed by atoms with van der Waals surface area (Å²) in [6, 6.07) is 5.96. The Kier molecular flexibility index (Phi) is 6.78. The van der Waals surface area contributed by atoms with Crippen molar-refractivity contribution in [2.24, 2.45) is 5.92 Å². The molecule has 0 unspecified atom stereocenters. The second-order valence-corrected chi connectivity index (χ2v) is 7.92. The lowest BCUT2D eigenvalue weighted by molar-refractivity contribution is -0.149. The summed E-state index contributed by atoms with van der Waals surface area (Å²) in [6.07, 6.45) is 1.96. The Balaban J connectivity index is 1.91. The highest BCUT2D eigenvalue weighted by Crippen LogP contribution is 2.20. The molecule has 1 aliphatic heterocycles. The molecule has 0 saturated carbocycles. The number of sulfonamides is 1. The molecule has 1 saturated heterocycles. The van der Waals surface area contributed by atoms with Crippen molar-refractivity contribution in [3.63, 3.8) is 0 Å². The fourth-order valence-corrected chi connectivity index (χ4v) is 3.35. The van der Waals surface area contributed by atoms with Crippen molar-refractivity contribution in [1.29, 1.82) is 0 Å². The number of methoxy groups -OCH3 is 1. The van der Waals surface area contributed by atoms with Crippen molar-refractivity contribution >= 4 is 33.6 Å². The summed E-state index contributed by atoms with van der Waals surface area (Å²) >= 11 is 0.